The Bertz CT molecular complexity index is 843. The first-order valence-electron chi connectivity index (χ1n) is 8.63. The van der Waals surface area contributed by atoms with Crippen LogP contribution in [0.1, 0.15) is 48.1 Å². The van der Waals surface area contributed by atoms with E-state index in [9.17, 15) is 0 Å². The van der Waals surface area contributed by atoms with E-state index in [1.807, 2.05) is 24.3 Å². The first-order valence-corrected chi connectivity index (χ1v) is 10.9. The quantitative estimate of drug-likeness (QED) is 0.529. The maximum absolute atomic E-state index is 5.88. The normalized spacial score (nSPS) is 14.8. The molecule has 26 heavy (non-hydrogen) atoms. The van der Waals surface area contributed by atoms with E-state index in [4.69, 9.17) is 16.3 Å². The molecule has 4 rings (SSSR count). The lowest BCUT2D eigenvalue weighted by Gasteiger charge is -2.03. The van der Waals surface area contributed by atoms with E-state index in [1.165, 1.54) is 25.7 Å². The molecule has 0 bridgehead atoms. The van der Waals surface area contributed by atoms with Gasteiger partial charge < -0.3 is 4.74 Å². The number of thiazole rings is 1. The van der Waals surface area contributed by atoms with Gasteiger partial charge in [-0.2, -0.15) is 0 Å². The van der Waals surface area contributed by atoms with E-state index in [0.29, 0.717) is 17.5 Å². The molecule has 0 atom stereocenters. The van der Waals surface area contributed by atoms with E-state index in [0.717, 1.165) is 33.2 Å². The van der Waals surface area contributed by atoms with Gasteiger partial charge in [0, 0.05) is 22.1 Å². The van der Waals surface area contributed by atoms with Crippen LogP contribution in [0.4, 0.5) is 0 Å². The zero-order valence-electron chi connectivity index (χ0n) is 14.2. The largest absolute Gasteiger partial charge is 0.486 e. The van der Waals surface area contributed by atoms with Gasteiger partial charge in [0.05, 0.1) is 5.69 Å². The van der Waals surface area contributed by atoms with Gasteiger partial charge in [-0.05, 0) is 37.1 Å². The van der Waals surface area contributed by atoms with Crippen LogP contribution in [0.5, 0.6) is 5.75 Å². The molecule has 1 aliphatic carbocycles. The van der Waals surface area contributed by atoms with Gasteiger partial charge in [-0.15, -0.1) is 16.4 Å². The monoisotopic (exact) mass is 406 g/mol. The van der Waals surface area contributed by atoms with Crippen LogP contribution in [0.15, 0.2) is 34.8 Å². The SMILES string of the molecule is Clc1ccc(OCc2nc(CSc3n[nH]c(C4CCCC4)n3)cs2)cc1. The summed E-state index contributed by atoms with van der Waals surface area (Å²) in [6.07, 6.45) is 5.05. The summed E-state index contributed by atoms with van der Waals surface area (Å²) >= 11 is 9.10. The Morgan fingerprint density at radius 1 is 1.19 bits per heavy atom. The Morgan fingerprint density at radius 2 is 2.00 bits per heavy atom. The highest BCUT2D eigenvalue weighted by atomic mass is 35.5. The topological polar surface area (TPSA) is 63.7 Å². The van der Waals surface area contributed by atoms with Crippen LogP contribution in [0.25, 0.3) is 0 Å². The van der Waals surface area contributed by atoms with Crippen molar-refractivity contribution in [3.8, 4) is 5.75 Å². The summed E-state index contributed by atoms with van der Waals surface area (Å²) in [4.78, 5) is 9.26. The molecule has 2 heterocycles. The van der Waals surface area contributed by atoms with Gasteiger partial charge in [0.15, 0.2) is 0 Å². The molecule has 136 valence electrons. The van der Waals surface area contributed by atoms with Crippen LogP contribution < -0.4 is 4.74 Å². The fourth-order valence-electron chi connectivity index (χ4n) is 3.00. The third-order valence-corrected chi connectivity index (χ3v) is 6.35. The summed E-state index contributed by atoms with van der Waals surface area (Å²) in [7, 11) is 0. The molecular weight excluding hydrogens is 388 g/mol. The van der Waals surface area contributed by atoms with Gasteiger partial charge in [-0.25, -0.2) is 9.97 Å². The van der Waals surface area contributed by atoms with Gasteiger partial charge in [-0.3, -0.25) is 5.10 Å². The fraction of sp³-hybridized carbons (Fsp3) is 0.389. The highest BCUT2D eigenvalue weighted by molar-refractivity contribution is 7.98. The summed E-state index contributed by atoms with van der Waals surface area (Å²) in [5.74, 6) is 3.16. The number of aromatic amines is 1. The fourth-order valence-corrected chi connectivity index (χ4v) is 4.63. The second-order valence-corrected chi connectivity index (χ2v) is 8.57. The standard InChI is InChI=1S/C18H19ClN4OS2/c19-13-5-7-15(8-6-13)24-9-16-20-14(10-25-16)11-26-18-21-17(22-23-18)12-3-1-2-4-12/h5-8,10,12H,1-4,9,11H2,(H,21,22,23). The number of rotatable bonds is 7. The molecule has 0 radical (unpaired) electrons. The number of ether oxygens (including phenoxy) is 1. The molecule has 1 aliphatic rings. The van der Waals surface area contributed by atoms with Gasteiger partial charge in [0.1, 0.15) is 23.2 Å². The number of aromatic nitrogens is 4. The molecule has 1 saturated carbocycles. The van der Waals surface area contributed by atoms with Crippen molar-refractivity contribution in [3.63, 3.8) is 0 Å². The first kappa shape index (κ1) is 17.8. The minimum atomic E-state index is 0.462. The summed E-state index contributed by atoms with van der Waals surface area (Å²) in [5.41, 5.74) is 1.03. The predicted octanol–water partition coefficient (Wildman–Crippen LogP) is 5.44. The Labute approximate surface area is 165 Å². The highest BCUT2D eigenvalue weighted by Crippen LogP contribution is 2.33. The smallest absolute Gasteiger partial charge is 0.208 e. The minimum Gasteiger partial charge on any atom is -0.486 e. The molecule has 0 amide bonds. The van der Waals surface area contributed by atoms with Crippen molar-refractivity contribution < 1.29 is 4.74 Å². The Kier molecular flexibility index (Phi) is 5.77. The number of benzene rings is 1. The molecular formula is C18H19ClN4OS2. The van der Waals surface area contributed by atoms with Crippen molar-refractivity contribution in [2.45, 2.75) is 49.1 Å². The molecule has 1 aromatic carbocycles. The Morgan fingerprint density at radius 3 is 2.81 bits per heavy atom. The van der Waals surface area contributed by atoms with Crippen LogP contribution in [-0.2, 0) is 12.4 Å². The van der Waals surface area contributed by atoms with Crippen molar-refractivity contribution in [3.05, 3.63) is 51.2 Å². The average molecular weight is 407 g/mol. The van der Waals surface area contributed by atoms with Gasteiger partial charge in [-0.1, -0.05) is 36.2 Å². The molecule has 3 aromatic rings. The summed E-state index contributed by atoms with van der Waals surface area (Å²) in [6.45, 7) is 0.462. The van der Waals surface area contributed by atoms with Crippen molar-refractivity contribution >= 4 is 34.7 Å². The minimum absolute atomic E-state index is 0.462. The lowest BCUT2D eigenvalue weighted by Crippen LogP contribution is -1.95. The van der Waals surface area contributed by atoms with Crippen LogP contribution in [0.3, 0.4) is 0 Å². The molecule has 1 N–H and O–H groups in total. The second-order valence-electron chi connectivity index (χ2n) is 6.25. The molecule has 8 heteroatoms. The van der Waals surface area contributed by atoms with Crippen molar-refractivity contribution in [2.75, 3.05) is 0 Å². The van der Waals surface area contributed by atoms with Gasteiger partial charge >= 0.3 is 0 Å². The molecule has 5 nitrogen and oxygen atoms in total. The highest BCUT2D eigenvalue weighted by Gasteiger charge is 2.20. The van der Waals surface area contributed by atoms with Crippen molar-refractivity contribution in [1.82, 2.24) is 20.2 Å². The number of hydrogen-bond donors (Lipinski definition) is 1. The molecule has 2 aromatic heterocycles. The van der Waals surface area contributed by atoms with E-state index in [2.05, 4.69) is 25.5 Å². The summed E-state index contributed by atoms with van der Waals surface area (Å²) in [5, 5.41) is 12.0. The maximum atomic E-state index is 5.88. The molecule has 0 aliphatic heterocycles. The van der Waals surface area contributed by atoms with E-state index >= 15 is 0 Å². The van der Waals surface area contributed by atoms with Crippen molar-refractivity contribution in [2.24, 2.45) is 0 Å². The number of hydrogen-bond acceptors (Lipinski definition) is 6. The van der Waals surface area contributed by atoms with E-state index in [-0.39, 0.29) is 0 Å². The van der Waals surface area contributed by atoms with Crippen LogP contribution in [0, 0.1) is 0 Å². The molecule has 0 unspecified atom stereocenters. The number of nitrogens with one attached hydrogen (secondary N) is 1. The van der Waals surface area contributed by atoms with E-state index < -0.39 is 0 Å². The number of nitrogens with zero attached hydrogens (tertiary/aromatic N) is 3. The number of H-pyrrole nitrogens is 1. The Hall–Kier alpha value is -1.57. The van der Waals surface area contributed by atoms with Crippen molar-refractivity contribution in [1.29, 1.82) is 0 Å². The van der Waals surface area contributed by atoms with Crippen LogP contribution in [0.2, 0.25) is 5.02 Å². The summed E-state index contributed by atoms with van der Waals surface area (Å²) < 4.78 is 5.74. The third kappa shape index (κ3) is 4.58. The maximum Gasteiger partial charge on any atom is 0.208 e. The van der Waals surface area contributed by atoms with Gasteiger partial charge in [0.25, 0.3) is 0 Å². The Balaban J connectivity index is 1.27. The summed E-state index contributed by atoms with van der Waals surface area (Å²) in [6, 6.07) is 7.35. The predicted molar refractivity (Wildman–Crippen MR) is 105 cm³/mol. The molecule has 0 spiro atoms. The number of halogens is 1. The molecule has 1 fully saturated rings. The van der Waals surface area contributed by atoms with Crippen LogP contribution >= 0.6 is 34.7 Å². The lowest BCUT2D eigenvalue weighted by molar-refractivity contribution is 0.305. The zero-order chi connectivity index (χ0) is 17.8. The van der Waals surface area contributed by atoms with Crippen LogP contribution in [-0.4, -0.2) is 20.2 Å². The molecule has 0 saturated heterocycles. The third-order valence-electron chi connectivity index (χ3n) is 4.35. The first-order chi connectivity index (χ1) is 12.8. The average Bonchev–Trinajstić information content (AvgIpc) is 3.40. The second kappa shape index (κ2) is 8.41. The lowest BCUT2D eigenvalue weighted by atomic mass is 10.1. The zero-order valence-corrected chi connectivity index (χ0v) is 16.5. The number of thioether (sulfide) groups is 1. The van der Waals surface area contributed by atoms with E-state index in [1.54, 1.807) is 23.1 Å². The van der Waals surface area contributed by atoms with Gasteiger partial charge in [0.2, 0.25) is 5.16 Å².